The molecular weight excluding hydrogens is 609 g/mol. The minimum Gasteiger partial charge on any atom is -0.489 e. The Labute approximate surface area is 282 Å². The Morgan fingerprint density at radius 1 is 1.00 bits per heavy atom. The van der Waals surface area contributed by atoms with Gasteiger partial charge >= 0.3 is 6.09 Å². The fourth-order valence-corrected chi connectivity index (χ4v) is 7.67. The van der Waals surface area contributed by atoms with Crippen LogP contribution in [0.1, 0.15) is 96.2 Å². The van der Waals surface area contributed by atoms with Gasteiger partial charge in [0.2, 0.25) is 5.91 Å². The number of amides is 2. The van der Waals surface area contributed by atoms with Gasteiger partial charge in [0.1, 0.15) is 23.9 Å². The molecule has 3 fully saturated rings. The Balaban J connectivity index is 1.33. The van der Waals surface area contributed by atoms with E-state index in [4.69, 9.17) is 19.2 Å². The van der Waals surface area contributed by atoms with Gasteiger partial charge in [-0.1, -0.05) is 19.6 Å². The van der Waals surface area contributed by atoms with Crippen LogP contribution < -0.4 is 9.64 Å². The molecule has 0 N–H and O–H groups in total. The minimum absolute atomic E-state index is 0.163. The van der Waals surface area contributed by atoms with Crippen molar-refractivity contribution >= 4 is 25.8 Å². The van der Waals surface area contributed by atoms with Gasteiger partial charge < -0.3 is 28.6 Å². The van der Waals surface area contributed by atoms with E-state index in [1.165, 1.54) is 6.42 Å². The number of carbonyl (C=O) groups excluding carboxylic acids is 2. The number of ether oxygens (including phenoxy) is 3. The van der Waals surface area contributed by atoms with E-state index in [1.807, 2.05) is 31.9 Å². The van der Waals surface area contributed by atoms with Gasteiger partial charge in [-0.3, -0.25) is 4.79 Å². The topological polar surface area (TPSA) is 86.1 Å². The maximum absolute atomic E-state index is 13.5. The van der Waals surface area contributed by atoms with Crippen LogP contribution in [0.2, 0.25) is 25.7 Å². The SMILES string of the molecule is CC1CCc2c(ccc(-c3ncc(C4CCN(C(=O)OC(C)(C)C)CC4)n3COCC[Si](C)(C)C)c2OC2CCC2)N1C(=O)C1CC1. The van der Waals surface area contributed by atoms with Crippen molar-refractivity contribution in [1.82, 2.24) is 14.5 Å². The van der Waals surface area contributed by atoms with Gasteiger partial charge in [-0.05, 0) is 104 Å². The molecule has 1 saturated heterocycles. The van der Waals surface area contributed by atoms with Gasteiger partial charge in [0.15, 0.2) is 0 Å². The molecule has 1 atom stereocenters. The van der Waals surface area contributed by atoms with E-state index < -0.39 is 13.7 Å². The normalized spacial score (nSPS) is 21.0. The summed E-state index contributed by atoms with van der Waals surface area (Å²) in [7, 11) is -1.26. The third kappa shape index (κ3) is 7.90. The van der Waals surface area contributed by atoms with Crippen LogP contribution in [0.15, 0.2) is 18.3 Å². The molecule has 6 rings (SSSR count). The predicted octanol–water partition coefficient (Wildman–Crippen LogP) is 7.99. The van der Waals surface area contributed by atoms with Crippen molar-refractivity contribution in [1.29, 1.82) is 0 Å². The molecule has 0 spiro atoms. The highest BCUT2D eigenvalue weighted by molar-refractivity contribution is 6.76. The number of imidazole rings is 1. The molecule has 0 radical (unpaired) electrons. The Bertz CT molecular complexity index is 1440. The van der Waals surface area contributed by atoms with Gasteiger partial charge in [0.05, 0.1) is 17.4 Å². The highest BCUT2D eigenvalue weighted by Gasteiger charge is 2.40. The molecule has 2 amide bonds. The molecule has 2 aromatic rings. The van der Waals surface area contributed by atoms with Crippen molar-refractivity contribution in [2.45, 2.75) is 142 Å². The summed E-state index contributed by atoms with van der Waals surface area (Å²) in [5, 5.41) is 0. The molecular formula is C37H56N4O5Si. The van der Waals surface area contributed by atoms with E-state index in [1.54, 1.807) is 0 Å². The summed E-state index contributed by atoms with van der Waals surface area (Å²) in [6.45, 7) is 17.5. The summed E-state index contributed by atoms with van der Waals surface area (Å²) in [6, 6.07) is 5.54. The molecule has 3 heterocycles. The van der Waals surface area contributed by atoms with E-state index in [-0.39, 0.29) is 36.0 Å². The fraction of sp³-hybridized carbons (Fsp3) is 0.703. The van der Waals surface area contributed by atoms with Gasteiger partial charge in [-0.2, -0.15) is 0 Å². The number of nitrogens with zero attached hydrogens (tertiary/aromatic N) is 4. The number of anilines is 1. The first-order valence-corrected chi connectivity index (χ1v) is 21.8. The van der Waals surface area contributed by atoms with Crippen LogP contribution in [0.25, 0.3) is 11.4 Å². The quantitative estimate of drug-likeness (QED) is 0.189. The second kappa shape index (κ2) is 13.6. The van der Waals surface area contributed by atoms with Crippen molar-refractivity contribution in [2.24, 2.45) is 5.92 Å². The van der Waals surface area contributed by atoms with Crippen molar-refractivity contribution in [3.05, 3.63) is 29.6 Å². The maximum atomic E-state index is 13.5. The molecule has 1 aromatic heterocycles. The maximum Gasteiger partial charge on any atom is 0.410 e. The van der Waals surface area contributed by atoms with Gasteiger partial charge in [0.25, 0.3) is 0 Å². The van der Waals surface area contributed by atoms with Crippen molar-refractivity contribution < 1.29 is 23.8 Å². The zero-order valence-corrected chi connectivity index (χ0v) is 30.8. The number of carbonyl (C=O) groups is 2. The Morgan fingerprint density at radius 2 is 1.72 bits per heavy atom. The van der Waals surface area contributed by atoms with Crippen LogP contribution in [-0.4, -0.2) is 72.0 Å². The lowest BCUT2D eigenvalue weighted by Gasteiger charge is -2.38. The van der Waals surface area contributed by atoms with E-state index in [0.717, 1.165) is 98.1 Å². The number of aromatic nitrogens is 2. The molecule has 4 aliphatic rings. The van der Waals surface area contributed by atoms with Crippen molar-refractivity contribution in [2.75, 3.05) is 24.6 Å². The largest absolute Gasteiger partial charge is 0.489 e. The standard InChI is InChI=1S/C37H56N4O5Si/c1-25-11-14-29-31(41(25)35(42)27-12-13-27)16-15-30(33(29)45-28-9-8-10-28)34-38-23-32(40(34)24-44-21-22-47(5,6)7)26-17-19-39(20-18-26)36(43)46-37(2,3)4/h15-16,23,25-28H,8-14,17-22,24H2,1-7H3. The Kier molecular flexibility index (Phi) is 9.83. The van der Waals surface area contributed by atoms with Crippen LogP contribution >= 0.6 is 0 Å². The Hall–Kier alpha value is -2.85. The van der Waals surface area contributed by atoms with Gasteiger partial charge in [-0.25, -0.2) is 9.78 Å². The van der Waals surface area contributed by atoms with E-state index in [2.05, 4.69) is 48.2 Å². The van der Waals surface area contributed by atoms with Crippen LogP contribution in [-0.2, 0) is 27.4 Å². The number of piperidine rings is 1. The third-order valence-corrected chi connectivity index (χ3v) is 11.9. The summed E-state index contributed by atoms with van der Waals surface area (Å²) >= 11 is 0. The van der Waals surface area contributed by atoms with Crippen molar-refractivity contribution in [3.8, 4) is 17.1 Å². The second-order valence-corrected chi connectivity index (χ2v) is 22.1. The number of hydrogen-bond acceptors (Lipinski definition) is 6. The predicted molar refractivity (Wildman–Crippen MR) is 188 cm³/mol. The van der Waals surface area contributed by atoms with Crippen LogP contribution in [0.3, 0.4) is 0 Å². The first-order chi connectivity index (χ1) is 22.3. The molecule has 47 heavy (non-hydrogen) atoms. The lowest BCUT2D eigenvalue weighted by atomic mass is 9.91. The minimum atomic E-state index is -1.26. The Morgan fingerprint density at radius 3 is 2.34 bits per heavy atom. The molecule has 1 aromatic carbocycles. The van der Waals surface area contributed by atoms with Crippen LogP contribution in [0, 0.1) is 5.92 Å². The number of fused-ring (bicyclic) bond motifs is 1. The molecule has 258 valence electrons. The van der Waals surface area contributed by atoms with Crippen LogP contribution in [0.5, 0.6) is 5.75 Å². The summed E-state index contributed by atoms with van der Waals surface area (Å²) in [5.41, 5.74) is 3.77. The average Bonchev–Trinajstić information content (AvgIpc) is 3.75. The summed E-state index contributed by atoms with van der Waals surface area (Å²) in [6.07, 6.45) is 10.7. The summed E-state index contributed by atoms with van der Waals surface area (Å²) in [4.78, 5) is 35.3. The lowest BCUT2D eigenvalue weighted by molar-refractivity contribution is -0.120. The van der Waals surface area contributed by atoms with Gasteiger partial charge in [-0.15, -0.1) is 0 Å². The highest BCUT2D eigenvalue weighted by atomic mass is 28.3. The molecule has 10 heteroatoms. The van der Waals surface area contributed by atoms with E-state index in [9.17, 15) is 9.59 Å². The monoisotopic (exact) mass is 664 g/mol. The lowest BCUT2D eigenvalue weighted by Crippen LogP contribution is -2.43. The molecule has 9 nitrogen and oxygen atoms in total. The molecule has 1 unspecified atom stereocenters. The zero-order valence-electron chi connectivity index (χ0n) is 29.8. The van der Waals surface area contributed by atoms with Crippen molar-refractivity contribution in [3.63, 3.8) is 0 Å². The second-order valence-electron chi connectivity index (χ2n) is 16.5. The number of benzene rings is 1. The zero-order chi connectivity index (χ0) is 33.5. The first-order valence-electron chi connectivity index (χ1n) is 18.1. The van der Waals surface area contributed by atoms with Gasteiger partial charge in [0, 0.05) is 63.1 Å². The molecule has 0 bridgehead atoms. The highest BCUT2D eigenvalue weighted by Crippen LogP contribution is 2.46. The van der Waals surface area contributed by atoms with Crippen LogP contribution in [0.4, 0.5) is 10.5 Å². The summed E-state index contributed by atoms with van der Waals surface area (Å²) in [5.74, 6) is 2.43. The van der Waals surface area contributed by atoms with E-state index >= 15 is 0 Å². The fourth-order valence-electron chi connectivity index (χ4n) is 6.92. The smallest absolute Gasteiger partial charge is 0.410 e. The number of rotatable bonds is 10. The summed E-state index contributed by atoms with van der Waals surface area (Å²) < 4.78 is 21.2. The van der Waals surface area contributed by atoms with E-state index in [0.29, 0.717) is 19.8 Å². The molecule has 2 aliphatic heterocycles. The number of likely N-dealkylation sites (tertiary alicyclic amines) is 1. The number of hydrogen-bond donors (Lipinski definition) is 0. The first kappa shape index (κ1) is 34.0. The average molecular weight is 665 g/mol. The third-order valence-electron chi connectivity index (χ3n) is 10.2. The molecule has 2 aliphatic carbocycles. The molecule has 2 saturated carbocycles.